The van der Waals surface area contributed by atoms with Crippen LogP contribution in [0.2, 0.25) is 0 Å². The number of ether oxygens (including phenoxy) is 1. The number of nitrogens with zero attached hydrogens (tertiary/aromatic N) is 1. The number of nitrogens with one attached hydrogen (secondary N) is 1. The summed E-state index contributed by atoms with van der Waals surface area (Å²) in [4.78, 5) is 15.3. The maximum Gasteiger partial charge on any atom is 0.307 e. The van der Waals surface area contributed by atoms with Crippen molar-refractivity contribution in [3.63, 3.8) is 0 Å². The molecule has 1 rings (SSSR count). The average molecular weight is 228 g/mol. The molecule has 1 aromatic heterocycles. The summed E-state index contributed by atoms with van der Waals surface area (Å²) in [6.45, 7) is 5.59. The van der Waals surface area contributed by atoms with E-state index in [1.54, 1.807) is 11.3 Å². The van der Waals surface area contributed by atoms with E-state index < -0.39 is 0 Å². The van der Waals surface area contributed by atoms with Crippen molar-refractivity contribution in [3.8, 4) is 0 Å². The Labute approximate surface area is 93.7 Å². The number of rotatable bonds is 6. The molecule has 0 spiro atoms. The minimum atomic E-state index is -0.152. The lowest BCUT2D eigenvalue weighted by Crippen LogP contribution is -2.18. The zero-order chi connectivity index (χ0) is 11.1. The second kappa shape index (κ2) is 6.53. The molecule has 0 atom stereocenters. The standard InChI is InChI=1S/C10H16N2O2S/c1-3-14-10(13)4-5-11-6-9-12-8(2)7-15-9/h7,11H,3-6H2,1-2H3. The average Bonchev–Trinajstić information content (AvgIpc) is 2.60. The zero-order valence-corrected chi connectivity index (χ0v) is 9.89. The van der Waals surface area contributed by atoms with Gasteiger partial charge in [0.05, 0.1) is 13.0 Å². The first-order valence-corrected chi connectivity index (χ1v) is 5.87. The van der Waals surface area contributed by atoms with Gasteiger partial charge < -0.3 is 10.1 Å². The molecule has 0 amide bonds. The zero-order valence-electron chi connectivity index (χ0n) is 9.08. The van der Waals surface area contributed by atoms with Gasteiger partial charge in [-0.1, -0.05) is 0 Å². The van der Waals surface area contributed by atoms with E-state index in [-0.39, 0.29) is 5.97 Å². The Bertz CT molecular complexity index is 312. The van der Waals surface area contributed by atoms with Crippen molar-refractivity contribution >= 4 is 17.3 Å². The summed E-state index contributed by atoms with van der Waals surface area (Å²) >= 11 is 1.63. The molecule has 1 N–H and O–H groups in total. The number of hydrogen-bond acceptors (Lipinski definition) is 5. The lowest BCUT2D eigenvalue weighted by molar-refractivity contribution is -0.142. The normalized spacial score (nSPS) is 10.3. The van der Waals surface area contributed by atoms with Crippen molar-refractivity contribution in [2.45, 2.75) is 26.8 Å². The molecule has 0 fully saturated rings. The second-order valence-electron chi connectivity index (χ2n) is 3.11. The predicted molar refractivity (Wildman–Crippen MR) is 59.8 cm³/mol. The van der Waals surface area contributed by atoms with Gasteiger partial charge in [0.2, 0.25) is 0 Å². The van der Waals surface area contributed by atoms with Crippen LogP contribution in [0.25, 0.3) is 0 Å². The van der Waals surface area contributed by atoms with Crippen molar-refractivity contribution in [1.82, 2.24) is 10.3 Å². The van der Waals surface area contributed by atoms with Crippen LogP contribution in [0.15, 0.2) is 5.38 Å². The van der Waals surface area contributed by atoms with Gasteiger partial charge in [-0.3, -0.25) is 4.79 Å². The van der Waals surface area contributed by atoms with E-state index in [2.05, 4.69) is 10.3 Å². The number of esters is 1. The number of carbonyl (C=O) groups excluding carboxylic acids is 1. The number of aromatic nitrogens is 1. The van der Waals surface area contributed by atoms with Crippen LogP contribution in [-0.2, 0) is 16.1 Å². The van der Waals surface area contributed by atoms with Gasteiger partial charge >= 0.3 is 5.97 Å². The maximum absolute atomic E-state index is 11.0. The fourth-order valence-electron chi connectivity index (χ4n) is 1.10. The van der Waals surface area contributed by atoms with Crippen LogP contribution in [0.4, 0.5) is 0 Å². The molecule has 1 aromatic rings. The van der Waals surface area contributed by atoms with Crippen molar-refractivity contribution in [2.24, 2.45) is 0 Å². The van der Waals surface area contributed by atoms with E-state index >= 15 is 0 Å². The van der Waals surface area contributed by atoms with E-state index in [9.17, 15) is 4.79 Å². The highest BCUT2D eigenvalue weighted by Crippen LogP contribution is 2.07. The number of aryl methyl sites for hydroxylation is 1. The van der Waals surface area contributed by atoms with Crippen molar-refractivity contribution in [2.75, 3.05) is 13.2 Å². The van der Waals surface area contributed by atoms with Gasteiger partial charge in [0.25, 0.3) is 0 Å². The van der Waals surface area contributed by atoms with Gasteiger partial charge in [-0.2, -0.15) is 0 Å². The fraction of sp³-hybridized carbons (Fsp3) is 0.600. The molecule has 4 nitrogen and oxygen atoms in total. The predicted octanol–water partition coefficient (Wildman–Crippen LogP) is 1.49. The van der Waals surface area contributed by atoms with Crippen molar-refractivity contribution in [1.29, 1.82) is 0 Å². The number of thiazole rings is 1. The molecular formula is C10H16N2O2S. The molecule has 0 bridgehead atoms. The lowest BCUT2D eigenvalue weighted by atomic mass is 10.4. The Morgan fingerprint density at radius 3 is 3.07 bits per heavy atom. The van der Waals surface area contributed by atoms with Crippen LogP contribution in [-0.4, -0.2) is 24.1 Å². The second-order valence-corrected chi connectivity index (χ2v) is 4.06. The minimum Gasteiger partial charge on any atom is -0.466 e. The number of hydrogen-bond donors (Lipinski definition) is 1. The monoisotopic (exact) mass is 228 g/mol. The quantitative estimate of drug-likeness (QED) is 0.592. The third kappa shape index (κ3) is 4.90. The van der Waals surface area contributed by atoms with E-state index in [0.29, 0.717) is 19.6 Å². The van der Waals surface area contributed by atoms with Gasteiger partial charge in [0.1, 0.15) is 5.01 Å². The summed E-state index contributed by atoms with van der Waals surface area (Å²) in [5.41, 5.74) is 1.04. The van der Waals surface area contributed by atoms with E-state index in [1.165, 1.54) is 0 Å². The largest absolute Gasteiger partial charge is 0.466 e. The van der Waals surface area contributed by atoms with Crippen LogP contribution in [0.1, 0.15) is 24.0 Å². The number of carbonyl (C=O) groups is 1. The molecule has 0 aliphatic heterocycles. The topological polar surface area (TPSA) is 51.2 Å². The van der Waals surface area contributed by atoms with Crippen molar-refractivity contribution < 1.29 is 9.53 Å². The van der Waals surface area contributed by atoms with Gasteiger partial charge in [-0.05, 0) is 13.8 Å². The van der Waals surface area contributed by atoms with Gasteiger partial charge in [-0.15, -0.1) is 11.3 Å². The van der Waals surface area contributed by atoms with Crippen LogP contribution in [0.3, 0.4) is 0 Å². The molecule has 0 saturated carbocycles. The highest BCUT2D eigenvalue weighted by Gasteiger charge is 2.01. The third-order valence-electron chi connectivity index (χ3n) is 1.75. The van der Waals surface area contributed by atoms with E-state index in [4.69, 9.17) is 4.74 Å². The Kier molecular flexibility index (Phi) is 5.28. The summed E-state index contributed by atoms with van der Waals surface area (Å²) in [5, 5.41) is 6.22. The molecule has 0 unspecified atom stereocenters. The molecule has 0 saturated heterocycles. The van der Waals surface area contributed by atoms with Gasteiger partial charge in [0.15, 0.2) is 0 Å². The Morgan fingerprint density at radius 2 is 2.47 bits per heavy atom. The minimum absolute atomic E-state index is 0.152. The first-order valence-electron chi connectivity index (χ1n) is 4.99. The smallest absolute Gasteiger partial charge is 0.307 e. The lowest BCUT2D eigenvalue weighted by Gasteiger charge is -2.02. The molecule has 5 heteroatoms. The Balaban J connectivity index is 2.09. The van der Waals surface area contributed by atoms with Crippen LogP contribution in [0, 0.1) is 6.92 Å². The van der Waals surface area contributed by atoms with E-state index in [1.807, 2.05) is 19.2 Å². The van der Waals surface area contributed by atoms with Gasteiger partial charge in [-0.25, -0.2) is 4.98 Å². The Hall–Kier alpha value is -0.940. The molecule has 0 aromatic carbocycles. The molecule has 0 aliphatic rings. The van der Waals surface area contributed by atoms with E-state index in [0.717, 1.165) is 17.2 Å². The summed E-state index contributed by atoms with van der Waals surface area (Å²) in [6.07, 6.45) is 0.415. The fourth-order valence-corrected chi connectivity index (χ4v) is 1.84. The van der Waals surface area contributed by atoms with Crippen LogP contribution < -0.4 is 5.32 Å². The maximum atomic E-state index is 11.0. The van der Waals surface area contributed by atoms with Gasteiger partial charge in [0, 0.05) is 24.2 Å². The third-order valence-corrected chi connectivity index (χ3v) is 2.72. The highest BCUT2D eigenvalue weighted by molar-refractivity contribution is 7.09. The highest BCUT2D eigenvalue weighted by atomic mass is 32.1. The first-order chi connectivity index (χ1) is 7.22. The molecule has 1 heterocycles. The van der Waals surface area contributed by atoms with Crippen molar-refractivity contribution in [3.05, 3.63) is 16.1 Å². The first kappa shape index (κ1) is 12.1. The molecule has 15 heavy (non-hydrogen) atoms. The SMILES string of the molecule is CCOC(=O)CCNCc1nc(C)cs1. The molecule has 84 valence electrons. The molecule has 0 aliphatic carbocycles. The van der Waals surface area contributed by atoms with Crippen LogP contribution >= 0.6 is 11.3 Å². The molecular weight excluding hydrogens is 212 g/mol. The summed E-state index contributed by atoms with van der Waals surface area (Å²) in [7, 11) is 0. The summed E-state index contributed by atoms with van der Waals surface area (Å²) < 4.78 is 4.81. The van der Waals surface area contributed by atoms with Crippen LogP contribution in [0.5, 0.6) is 0 Å². The Morgan fingerprint density at radius 1 is 1.67 bits per heavy atom. The molecule has 0 radical (unpaired) electrons. The summed E-state index contributed by atoms with van der Waals surface area (Å²) in [5.74, 6) is -0.152. The summed E-state index contributed by atoms with van der Waals surface area (Å²) in [6, 6.07) is 0.